The number of nitrogens with one attached hydrogen (secondary N) is 1. The minimum absolute atomic E-state index is 0.00579. The van der Waals surface area contributed by atoms with Crippen molar-refractivity contribution in [2.75, 3.05) is 4.72 Å². The summed E-state index contributed by atoms with van der Waals surface area (Å²) in [5, 5.41) is -0.355. The van der Waals surface area contributed by atoms with Gasteiger partial charge in [0.2, 0.25) is 16.0 Å². The molecule has 1 aromatic rings. The molecule has 1 aromatic heterocycles. The van der Waals surface area contributed by atoms with Crippen LogP contribution >= 0.6 is 0 Å². The van der Waals surface area contributed by atoms with Crippen molar-refractivity contribution in [1.29, 1.82) is 0 Å². The lowest BCUT2D eigenvalue weighted by atomic mass is 10.2. The molecule has 0 atom stereocenters. The van der Waals surface area contributed by atoms with Crippen LogP contribution in [-0.2, 0) is 20.4 Å². The third-order valence-corrected chi connectivity index (χ3v) is 5.14. The topological polar surface area (TPSA) is 124 Å². The van der Waals surface area contributed by atoms with E-state index in [1.54, 1.807) is 6.07 Å². The number of nitrogens with two attached hydrogens (primary N) is 1. The van der Waals surface area contributed by atoms with Crippen LogP contribution in [-0.4, -0.2) is 29.7 Å². The Labute approximate surface area is 115 Å². The normalized spacial score (nSPS) is 20.2. The van der Waals surface area contributed by atoms with Crippen LogP contribution in [0.5, 0.6) is 0 Å². The maximum atomic E-state index is 11.8. The predicted molar refractivity (Wildman–Crippen MR) is 69.2 cm³/mol. The van der Waals surface area contributed by atoms with E-state index in [9.17, 15) is 13.2 Å². The lowest BCUT2D eigenvalue weighted by Crippen LogP contribution is -2.24. The van der Waals surface area contributed by atoms with Crippen molar-refractivity contribution in [3.8, 4) is 0 Å². The third kappa shape index (κ3) is 2.53. The quantitative estimate of drug-likeness (QED) is 0.814. The highest BCUT2D eigenvalue weighted by molar-refractivity contribution is 7.93. The van der Waals surface area contributed by atoms with Gasteiger partial charge in [-0.15, -0.1) is 0 Å². The number of hydrogen-bond acceptors (Lipinski definition) is 6. The van der Waals surface area contributed by atoms with Gasteiger partial charge in [-0.2, -0.15) is 0 Å². The van der Waals surface area contributed by atoms with Gasteiger partial charge in [0.15, 0.2) is 5.60 Å². The van der Waals surface area contributed by atoms with Crippen LogP contribution in [0.1, 0.15) is 31.4 Å². The summed E-state index contributed by atoms with van der Waals surface area (Å²) in [6.07, 6.45) is 3.09. The van der Waals surface area contributed by atoms with E-state index in [0.717, 1.165) is 0 Å². The second-order valence-electron chi connectivity index (χ2n) is 5.03. The number of ether oxygens (including phenoxy) is 1. The van der Waals surface area contributed by atoms with Gasteiger partial charge in [-0.3, -0.25) is 4.72 Å². The molecule has 1 heterocycles. The van der Waals surface area contributed by atoms with Gasteiger partial charge in [0.1, 0.15) is 0 Å². The summed E-state index contributed by atoms with van der Waals surface area (Å²) in [6.45, 7) is 0. The number of carbonyl (C=O) groups excluding carboxylic acids is 1. The minimum Gasteiger partial charge on any atom is -0.437 e. The van der Waals surface area contributed by atoms with Crippen LogP contribution in [0.15, 0.2) is 12.3 Å². The molecule has 20 heavy (non-hydrogen) atoms. The molecule has 0 bridgehead atoms. The molecule has 3 N–H and O–H groups in total. The van der Waals surface area contributed by atoms with Gasteiger partial charge >= 0.3 is 6.09 Å². The number of aromatic nitrogens is 2. The van der Waals surface area contributed by atoms with Crippen molar-refractivity contribution in [2.45, 2.75) is 36.5 Å². The van der Waals surface area contributed by atoms with Gasteiger partial charge in [-0.25, -0.2) is 23.2 Å². The Morgan fingerprint density at radius 1 is 1.45 bits per heavy atom. The Balaban J connectivity index is 1.81. The third-order valence-electron chi connectivity index (χ3n) is 3.32. The molecule has 1 amide bonds. The van der Waals surface area contributed by atoms with Gasteiger partial charge in [0.25, 0.3) is 0 Å². The zero-order valence-electron chi connectivity index (χ0n) is 10.6. The van der Waals surface area contributed by atoms with Gasteiger partial charge < -0.3 is 10.5 Å². The first-order valence-electron chi connectivity index (χ1n) is 6.25. The average Bonchev–Trinajstić information content (AvgIpc) is 3.23. The van der Waals surface area contributed by atoms with Gasteiger partial charge in [0, 0.05) is 6.20 Å². The highest BCUT2D eigenvalue weighted by Gasteiger charge is 2.50. The van der Waals surface area contributed by atoms with Crippen LogP contribution in [0.3, 0.4) is 0 Å². The number of primary amides is 1. The van der Waals surface area contributed by atoms with Crippen molar-refractivity contribution in [1.82, 2.24) is 9.97 Å². The lowest BCUT2D eigenvalue weighted by Gasteiger charge is -2.15. The molecule has 2 aliphatic rings. The van der Waals surface area contributed by atoms with Crippen LogP contribution in [0.2, 0.25) is 0 Å². The summed E-state index contributed by atoms with van der Waals surface area (Å²) < 4.78 is 31.0. The Kier molecular flexibility index (Phi) is 2.82. The average molecular weight is 298 g/mol. The maximum Gasteiger partial charge on any atom is 0.405 e. The molecule has 2 fully saturated rings. The fourth-order valence-electron chi connectivity index (χ4n) is 1.97. The SMILES string of the molecule is NC(=O)OC1(c2ccnc(NS(=O)(=O)C3CC3)n2)CC1. The van der Waals surface area contributed by atoms with E-state index in [-0.39, 0.29) is 11.2 Å². The fraction of sp³-hybridized carbons (Fsp3) is 0.545. The lowest BCUT2D eigenvalue weighted by molar-refractivity contribution is 0.0872. The van der Waals surface area contributed by atoms with Crippen LogP contribution < -0.4 is 10.5 Å². The molecule has 0 aliphatic heterocycles. The van der Waals surface area contributed by atoms with Crippen LogP contribution in [0.4, 0.5) is 10.7 Å². The van der Waals surface area contributed by atoms with Crippen molar-refractivity contribution in [2.24, 2.45) is 5.73 Å². The standard InChI is InChI=1S/C11H14N4O4S/c12-9(16)19-11(4-5-11)8-3-6-13-10(14-8)15-20(17,18)7-1-2-7/h3,6-7H,1-2,4-5H2,(H2,12,16)(H,13,14,15). The van der Waals surface area contributed by atoms with Crippen molar-refractivity contribution in [3.05, 3.63) is 18.0 Å². The van der Waals surface area contributed by atoms with Gasteiger partial charge in [0.05, 0.1) is 10.9 Å². The molecule has 9 heteroatoms. The molecule has 0 saturated heterocycles. The summed E-state index contributed by atoms with van der Waals surface area (Å²) >= 11 is 0. The first kappa shape index (κ1) is 13.1. The Hall–Kier alpha value is -1.90. The number of anilines is 1. The Bertz CT molecular complexity index is 652. The molecule has 0 spiro atoms. The molecule has 0 radical (unpaired) electrons. The number of hydrogen-bond donors (Lipinski definition) is 2. The molecular formula is C11H14N4O4S. The highest BCUT2D eigenvalue weighted by atomic mass is 32.2. The number of sulfonamides is 1. The predicted octanol–water partition coefficient (Wildman–Crippen LogP) is 0.465. The molecule has 8 nitrogen and oxygen atoms in total. The zero-order chi connectivity index (χ0) is 14.4. The molecule has 108 valence electrons. The van der Waals surface area contributed by atoms with E-state index in [1.807, 2.05) is 0 Å². The van der Waals surface area contributed by atoms with E-state index in [2.05, 4.69) is 14.7 Å². The summed E-state index contributed by atoms with van der Waals surface area (Å²) in [7, 11) is -3.41. The van der Waals surface area contributed by atoms with Crippen molar-refractivity contribution >= 4 is 22.1 Å². The van der Waals surface area contributed by atoms with E-state index < -0.39 is 21.7 Å². The second-order valence-corrected chi connectivity index (χ2v) is 6.99. The summed E-state index contributed by atoms with van der Waals surface area (Å²) in [4.78, 5) is 18.9. The van der Waals surface area contributed by atoms with Crippen LogP contribution in [0.25, 0.3) is 0 Å². The number of amides is 1. The highest BCUT2D eigenvalue weighted by Crippen LogP contribution is 2.48. The summed E-state index contributed by atoms with van der Waals surface area (Å²) in [5.74, 6) is -0.00579. The van der Waals surface area contributed by atoms with E-state index in [0.29, 0.717) is 31.4 Å². The van der Waals surface area contributed by atoms with Gasteiger partial charge in [-0.05, 0) is 31.7 Å². The summed E-state index contributed by atoms with van der Waals surface area (Å²) in [5.41, 5.74) is 4.66. The first-order valence-corrected chi connectivity index (χ1v) is 7.80. The zero-order valence-corrected chi connectivity index (χ0v) is 11.4. The fourth-order valence-corrected chi connectivity index (χ4v) is 3.24. The van der Waals surface area contributed by atoms with Crippen LogP contribution in [0, 0.1) is 0 Å². The molecule has 0 aromatic carbocycles. The minimum atomic E-state index is -3.41. The van der Waals surface area contributed by atoms with E-state index >= 15 is 0 Å². The second kappa shape index (κ2) is 4.30. The molecule has 3 rings (SSSR count). The smallest absolute Gasteiger partial charge is 0.405 e. The van der Waals surface area contributed by atoms with Crippen molar-refractivity contribution < 1.29 is 17.9 Å². The van der Waals surface area contributed by atoms with Crippen molar-refractivity contribution in [3.63, 3.8) is 0 Å². The number of carbonyl (C=O) groups is 1. The molecule has 2 saturated carbocycles. The Morgan fingerprint density at radius 3 is 2.70 bits per heavy atom. The monoisotopic (exact) mass is 298 g/mol. The Morgan fingerprint density at radius 2 is 2.15 bits per heavy atom. The molecule has 2 aliphatic carbocycles. The summed E-state index contributed by atoms with van der Waals surface area (Å²) in [6, 6.07) is 1.59. The van der Waals surface area contributed by atoms with E-state index in [4.69, 9.17) is 10.5 Å². The van der Waals surface area contributed by atoms with E-state index in [1.165, 1.54) is 6.20 Å². The van der Waals surface area contributed by atoms with Gasteiger partial charge in [-0.1, -0.05) is 0 Å². The maximum absolute atomic E-state index is 11.8. The largest absolute Gasteiger partial charge is 0.437 e. The molecule has 0 unspecified atom stereocenters. The number of nitrogens with zero attached hydrogens (tertiary/aromatic N) is 2. The molecular weight excluding hydrogens is 284 g/mol. The number of rotatable bonds is 5. The first-order chi connectivity index (χ1) is 9.41.